The van der Waals surface area contributed by atoms with E-state index >= 15 is 0 Å². The third-order valence-electron chi connectivity index (χ3n) is 6.28. The van der Waals surface area contributed by atoms with Crippen LogP contribution in [0.4, 0.5) is 0 Å². The molecule has 4 saturated carbocycles. The Morgan fingerprint density at radius 3 is 1.82 bits per heavy atom. The molecule has 0 heterocycles. The van der Waals surface area contributed by atoms with Gasteiger partial charge in [0.2, 0.25) is 0 Å². The van der Waals surface area contributed by atoms with Crippen LogP contribution in [-0.2, 0) is 18.0 Å². The first-order valence-corrected chi connectivity index (χ1v) is 10.8. The molecule has 0 saturated heterocycles. The molecule has 0 unspecified atom stereocenters. The Labute approximate surface area is 136 Å². The van der Waals surface area contributed by atoms with Gasteiger partial charge >= 0.3 is 8.80 Å². The Kier molecular flexibility index (Phi) is 5.29. The number of rotatable bonds is 9. The maximum Gasteiger partial charge on any atom is 0.500 e. The number of hydrogen-bond donors (Lipinski definition) is 0. The van der Waals surface area contributed by atoms with Crippen LogP contribution in [0.1, 0.15) is 44.9 Å². The van der Waals surface area contributed by atoms with Gasteiger partial charge in [-0.25, -0.2) is 0 Å². The summed E-state index contributed by atoms with van der Waals surface area (Å²) in [4.78, 5) is 0. The highest BCUT2D eigenvalue weighted by molar-refractivity contribution is 6.60. The summed E-state index contributed by atoms with van der Waals surface area (Å²) in [6.07, 6.45) is 9.73. The smallest absolute Gasteiger partial charge is 0.381 e. The van der Waals surface area contributed by atoms with Crippen LogP contribution in [0.25, 0.3) is 0 Å². The minimum Gasteiger partial charge on any atom is -0.381 e. The highest BCUT2D eigenvalue weighted by Crippen LogP contribution is 2.60. The molecule has 0 aromatic carbocycles. The van der Waals surface area contributed by atoms with Gasteiger partial charge in [0, 0.05) is 34.0 Å². The molecule has 4 aliphatic carbocycles. The molecule has 4 aliphatic rings. The second-order valence-electron chi connectivity index (χ2n) is 7.87. The monoisotopic (exact) mass is 328 g/mol. The summed E-state index contributed by atoms with van der Waals surface area (Å²) in [6, 6.07) is 0.831. The van der Waals surface area contributed by atoms with Gasteiger partial charge < -0.3 is 18.0 Å². The Morgan fingerprint density at radius 2 is 1.36 bits per heavy atom. The van der Waals surface area contributed by atoms with Gasteiger partial charge in [-0.05, 0) is 68.1 Å². The van der Waals surface area contributed by atoms with Crippen LogP contribution in [0.15, 0.2) is 0 Å². The second-order valence-corrected chi connectivity index (χ2v) is 11.0. The molecule has 22 heavy (non-hydrogen) atoms. The molecule has 4 bridgehead atoms. The summed E-state index contributed by atoms with van der Waals surface area (Å²) in [5, 5.41) is 0. The summed E-state index contributed by atoms with van der Waals surface area (Å²) < 4.78 is 22.5. The summed E-state index contributed by atoms with van der Waals surface area (Å²) in [5.41, 5.74) is 0.521. The lowest BCUT2D eigenvalue weighted by Gasteiger charge is -2.56. The fourth-order valence-electron chi connectivity index (χ4n) is 5.70. The molecule has 0 N–H and O–H groups in total. The fourth-order valence-corrected chi connectivity index (χ4v) is 7.39. The molecular weight excluding hydrogens is 296 g/mol. The van der Waals surface area contributed by atoms with E-state index in [1.165, 1.54) is 38.5 Å². The lowest BCUT2D eigenvalue weighted by molar-refractivity contribution is -0.0963. The lowest BCUT2D eigenvalue weighted by Crippen LogP contribution is -2.48. The van der Waals surface area contributed by atoms with Gasteiger partial charge in [-0.15, -0.1) is 0 Å². The van der Waals surface area contributed by atoms with E-state index in [1.807, 2.05) is 0 Å². The van der Waals surface area contributed by atoms with Crippen molar-refractivity contribution in [3.8, 4) is 0 Å². The molecule has 0 aliphatic heterocycles. The third kappa shape index (κ3) is 3.43. The van der Waals surface area contributed by atoms with Crippen molar-refractivity contribution in [1.29, 1.82) is 0 Å². The van der Waals surface area contributed by atoms with E-state index in [-0.39, 0.29) is 0 Å². The van der Waals surface area contributed by atoms with Crippen molar-refractivity contribution in [2.45, 2.75) is 51.0 Å². The molecule has 0 spiro atoms. The van der Waals surface area contributed by atoms with Crippen LogP contribution in [0.5, 0.6) is 0 Å². The number of hydrogen-bond acceptors (Lipinski definition) is 4. The van der Waals surface area contributed by atoms with Gasteiger partial charge in [0.15, 0.2) is 0 Å². The second kappa shape index (κ2) is 6.89. The highest BCUT2D eigenvalue weighted by atomic mass is 28.4. The summed E-state index contributed by atoms with van der Waals surface area (Å²) >= 11 is 0. The predicted molar refractivity (Wildman–Crippen MR) is 87.6 cm³/mol. The average molecular weight is 329 g/mol. The third-order valence-corrected chi connectivity index (χ3v) is 9.11. The van der Waals surface area contributed by atoms with E-state index in [9.17, 15) is 0 Å². The van der Waals surface area contributed by atoms with Gasteiger partial charge in [-0.1, -0.05) is 0 Å². The topological polar surface area (TPSA) is 36.9 Å². The van der Waals surface area contributed by atoms with Crippen LogP contribution in [-0.4, -0.2) is 43.3 Å². The predicted octanol–water partition coefficient (Wildman–Crippen LogP) is 3.49. The lowest BCUT2D eigenvalue weighted by atomic mass is 9.50. The molecule has 4 rings (SSSR count). The molecule has 4 nitrogen and oxygen atoms in total. The SMILES string of the molecule is CO[Si](CCCOCC12CC3CC(CC(C3)C1)C2)(OC)OC. The van der Waals surface area contributed by atoms with E-state index in [2.05, 4.69) is 0 Å². The maximum absolute atomic E-state index is 6.10. The first-order valence-electron chi connectivity index (χ1n) is 8.86. The highest BCUT2D eigenvalue weighted by Gasteiger charge is 2.50. The molecule has 0 amide bonds. The summed E-state index contributed by atoms with van der Waals surface area (Å²) in [6.45, 7) is 1.77. The molecule has 0 aromatic heterocycles. The Bertz CT molecular complexity index is 326. The van der Waals surface area contributed by atoms with Crippen molar-refractivity contribution in [1.82, 2.24) is 0 Å². The van der Waals surface area contributed by atoms with E-state index in [1.54, 1.807) is 21.3 Å². The van der Waals surface area contributed by atoms with Crippen molar-refractivity contribution >= 4 is 8.80 Å². The Morgan fingerprint density at radius 1 is 0.864 bits per heavy atom. The molecule has 0 atom stereocenters. The minimum atomic E-state index is -2.42. The van der Waals surface area contributed by atoms with Crippen molar-refractivity contribution < 1.29 is 18.0 Å². The van der Waals surface area contributed by atoms with Crippen molar-refractivity contribution in [3.05, 3.63) is 0 Å². The zero-order chi connectivity index (χ0) is 15.6. The standard InChI is InChI=1S/C17H32O4Si/c1-18-22(19-2,20-3)6-4-5-21-13-17-10-14-7-15(11-17)9-16(8-14)12-17/h14-16H,4-13H2,1-3H3. The zero-order valence-corrected chi connectivity index (χ0v) is 15.4. The van der Waals surface area contributed by atoms with E-state index in [4.69, 9.17) is 18.0 Å². The molecule has 4 fully saturated rings. The zero-order valence-electron chi connectivity index (χ0n) is 14.4. The molecule has 0 radical (unpaired) electrons. The van der Waals surface area contributed by atoms with E-state index in [0.29, 0.717) is 5.41 Å². The van der Waals surface area contributed by atoms with Gasteiger partial charge in [0.25, 0.3) is 0 Å². The van der Waals surface area contributed by atoms with Crippen LogP contribution >= 0.6 is 0 Å². The summed E-state index contributed by atoms with van der Waals surface area (Å²) in [7, 11) is 2.61. The first-order chi connectivity index (χ1) is 10.6. The molecule has 128 valence electrons. The van der Waals surface area contributed by atoms with Gasteiger partial charge in [0.1, 0.15) is 0 Å². The largest absolute Gasteiger partial charge is 0.500 e. The summed E-state index contributed by atoms with van der Waals surface area (Å²) in [5.74, 6) is 3.01. The van der Waals surface area contributed by atoms with E-state index in [0.717, 1.165) is 43.4 Å². The average Bonchev–Trinajstić information content (AvgIpc) is 2.50. The van der Waals surface area contributed by atoms with Gasteiger partial charge in [-0.3, -0.25) is 0 Å². The normalized spacial score (nSPS) is 37.0. The molecular formula is C17H32O4Si. The first kappa shape index (κ1) is 16.9. The maximum atomic E-state index is 6.10. The van der Waals surface area contributed by atoms with Crippen molar-refractivity contribution in [2.24, 2.45) is 23.2 Å². The van der Waals surface area contributed by atoms with Crippen molar-refractivity contribution in [2.75, 3.05) is 34.5 Å². The molecule has 5 heteroatoms. The Hall–Kier alpha value is 0.0569. The van der Waals surface area contributed by atoms with Crippen molar-refractivity contribution in [3.63, 3.8) is 0 Å². The fraction of sp³-hybridized carbons (Fsp3) is 1.00. The van der Waals surface area contributed by atoms with Crippen LogP contribution in [0, 0.1) is 23.2 Å². The molecule has 0 aromatic rings. The van der Waals surface area contributed by atoms with Gasteiger partial charge in [-0.2, -0.15) is 0 Å². The quantitative estimate of drug-likeness (QED) is 0.479. The number of ether oxygens (including phenoxy) is 1. The van der Waals surface area contributed by atoms with Crippen LogP contribution < -0.4 is 0 Å². The van der Waals surface area contributed by atoms with Crippen LogP contribution in [0.3, 0.4) is 0 Å². The van der Waals surface area contributed by atoms with Gasteiger partial charge in [0.05, 0.1) is 6.61 Å². The van der Waals surface area contributed by atoms with Crippen LogP contribution in [0.2, 0.25) is 6.04 Å². The van der Waals surface area contributed by atoms with E-state index < -0.39 is 8.80 Å². The minimum absolute atomic E-state index is 0.521. The Balaban J connectivity index is 1.40.